The van der Waals surface area contributed by atoms with Gasteiger partial charge in [-0.15, -0.1) is 0 Å². The maximum atomic E-state index is 12.6. The first-order chi connectivity index (χ1) is 13.2. The van der Waals surface area contributed by atoms with Crippen LogP contribution in [-0.2, 0) is 16.1 Å². The number of hydrogen-bond acceptors (Lipinski definition) is 3. The Balaban J connectivity index is 2.02. The van der Waals surface area contributed by atoms with E-state index in [2.05, 4.69) is 5.32 Å². The fourth-order valence-corrected chi connectivity index (χ4v) is 2.47. The molecule has 150 valence electrons. The zero-order valence-corrected chi connectivity index (χ0v) is 15.5. The van der Waals surface area contributed by atoms with Crippen LogP contribution in [0, 0.1) is 0 Å². The predicted octanol–water partition coefficient (Wildman–Crippen LogP) is 4.00. The first-order valence-corrected chi connectivity index (χ1v) is 8.68. The summed E-state index contributed by atoms with van der Waals surface area (Å²) in [6.07, 6.45) is -5.70. The average Bonchev–Trinajstić information content (AvgIpc) is 2.66. The van der Waals surface area contributed by atoms with E-state index in [1.807, 2.05) is 6.07 Å². The van der Waals surface area contributed by atoms with Crippen LogP contribution in [0.2, 0.25) is 0 Å². The number of anilines is 1. The van der Waals surface area contributed by atoms with E-state index in [9.17, 15) is 22.8 Å². The molecule has 28 heavy (non-hydrogen) atoms. The smallest absolute Gasteiger partial charge is 0.471 e. The molecule has 2 rings (SSSR count). The van der Waals surface area contributed by atoms with Crippen LogP contribution in [0.1, 0.15) is 19.4 Å². The van der Waals surface area contributed by atoms with Gasteiger partial charge in [0.25, 0.3) is 5.91 Å². The van der Waals surface area contributed by atoms with Gasteiger partial charge in [0.15, 0.2) is 6.10 Å². The minimum atomic E-state index is -4.92. The van der Waals surface area contributed by atoms with Crippen LogP contribution in [0.5, 0.6) is 5.75 Å². The van der Waals surface area contributed by atoms with Crippen molar-refractivity contribution in [1.82, 2.24) is 4.90 Å². The van der Waals surface area contributed by atoms with Crippen LogP contribution in [-0.4, -0.2) is 35.5 Å². The Labute approximate surface area is 161 Å². The minimum absolute atomic E-state index is 0.0864. The van der Waals surface area contributed by atoms with E-state index in [4.69, 9.17) is 4.74 Å². The minimum Gasteiger partial charge on any atom is -0.481 e. The molecule has 0 aromatic heterocycles. The van der Waals surface area contributed by atoms with Crippen molar-refractivity contribution in [3.8, 4) is 5.75 Å². The summed E-state index contributed by atoms with van der Waals surface area (Å²) in [5, 5.41) is 2.66. The monoisotopic (exact) mass is 394 g/mol. The second kappa shape index (κ2) is 9.25. The molecule has 0 aliphatic carbocycles. The summed E-state index contributed by atoms with van der Waals surface area (Å²) in [6.45, 7) is 2.76. The fraction of sp³-hybridized carbons (Fsp3) is 0.300. The molecule has 0 saturated heterocycles. The zero-order chi connectivity index (χ0) is 20.7. The van der Waals surface area contributed by atoms with Gasteiger partial charge in [-0.3, -0.25) is 9.59 Å². The Hall–Kier alpha value is -3.03. The van der Waals surface area contributed by atoms with E-state index >= 15 is 0 Å². The molecule has 0 unspecified atom stereocenters. The molecule has 0 saturated carbocycles. The number of amides is 2. The number of hydrogen-bond donors (Lipinski definition) is 1. The number of halogens is 3. The number of ether oxygens (including phenoxy) is 1. The lowest BCUT2D eigenvalue weighted by molar-refractivity contribution is -0.185. The summed E-state index contributed by atoms with van der Waals surface area (Å²) in [5.74, 6) is -1.75. The van der Waals surface area contributed by atoms with Crippen molar-refractivity contribution in [2.24, 2.45) is 0 Å². The zero-order valence-electron chi connectivity index (χ0n) is 15.5. The molecule has 0 heterocycles. The van der Waals surface area contributed by atoms with Gasteiger partial charge in [-0.1, -0.05) is 30.3 Å². The van der Waals surface area contributed by atoms with Gasteiger partial charge in [-0.2, -0.15) is 13.2 Å². The number of rotatable bonds is 7. The van der Waals surface area contributed by atoms with Crippen molar-refractivity contribution in [1.29, 1.82) is 0 Å². The van der Waals surface area contributed by atoms with E-state index in [0.29, 0.717) is 21.9 Å². The SMILES string of the molecule is CCN(Cc1cccc(NC(=O)[C@H](C)Oc2ccccc2)c1)C(=O)C(F)(F)F. The second-order valence-corrected chi connectivity index (χ2v) is 6.08. The molecule has 8 heteroatoms. The van der Waals surface area contributed by atoms with Crippen LogP contribution >= 0.6 is 0 Å². The van der Waals surface area contributed by atoms with Crippen LogP contribution in [0.3, 0.4) is 0 Å². The third kappa shape index (κ3) is 6.00. The summed E-state index contributed by atoms with van der Waals surface area (Å²) in [5.41, 5.74) is 0.871. The lowest BCUT2D eigenvalue weighted by Gasteiger charge is -2.22. The number of nitrogens with zero attached hydrogens (tertiary/aromatic N) is 1. The molecule has 1 atom stereocenters. The Morgan fingerprint density at radius 1 is 1.11 bits per heavy atom. The van der Waals surface area contributed by atoms with Gasteiger partial charge >= 0.3 is 12.1 Å². The van der Waals surface area contributed by atoms with Crippen molar-refractivity contribution in [2.45, 2.75) is 32.7 Å². The van der Waals surface area contributed by atoms with Crippen molar-refractivity contribution in [2.75, 3.05) is 11.9 Å². The highest BCUT2D eigenvalue weighted by Crippen LogP contribution is 2.21. The quantitative estimate of drug-likeness (QED) is 0.772. The number of carbonyl (C=O) groups is 2. The third-order valence-corrected chi connectivity index (χ3v) is 3.90. The summed E-state index contributed by atoms with van der Waals surface area (Å²) < 4.78 is 43.5. The maximum Gasteiger partial charge on any atom is 0.471 e. The first kappa shape index (κ1) is 21.3. The van der Waals surface area contributed by atoms with Crippen molar-refractivity contribution in [3.05, 3.63) is 60.2 Å². The molecule has 2 aromatic carbocycles. The van der Waals surface area contributed by atoms with Crippen LogP contribution < -0.4 is 10.1 Å². The van der Waals surface area contributed by atoms with Gasteiger partial charge in [0.05, 0.1) is 0 Å². The van der Waals surface area contributed by atoms with Crippen molar-refractivity contribution in [3.63, 3.8) is 0 Å². The molecule has 5 nitrogen and oxygen atoms in total. The average molecular weight is 394 g/mol. The van der Waals surface area contributed by atoms with Crippen LogP contribution in [0.15, 0.2) is 54.6 Å². The highest BCUT2D eigenvalue weighted by Gasteiger charge is 2.41. The molecule has 0 aliphatic heterocycles. The van der Waals surface area contributed by atoms with Gasteiger partial charge in [0.2, 0.25) is 0 Å². The van der Waals surface area contributed by atoms with Gasteiger partial charge < -0.3 is 15.0 Å². The van der Waals surface area contributed by atoms with E-state index in [-0.39, 0.29) is 13.1 Å². The molecule has 0 spiro atoms. The lowest BCUT2D eigenvalue weighted by Crippen LogP contribution is -2.40. The molecule has 2 aromatic rings. The van der Waals surface area contributed by atoms with Crippen LogP contribution in [0.25, 0.3) is 0 Å². The second-order valence-electron chi connectivity index (χ2n) is 6.08. The Kier molecular flexibility index (Phi) is 7.03. The largest absolute Gasteiger partial charge is 0.481 e. The number of carbonyl (C=O) groups excluding carboxylic acids is 2. The maximum absolute atomic E-state index is 12.6. The lowest BCUT2D eigenvalue weighted by atomic mass is 10.1. The Morgan fingerprint density at radius 3 is 2.39 bits per heavy atom. The molecular weight excluding hydrogens is 373 g/mol. The Bertz CT molecular complexity index is 810. The van der Waals surface area contributed by atoms with Crippen LogP contribution in [0.4, 0.5) is 18.9 Å². The van der Waals surface area contributed by atoms with E-state index in [1.165, 1.54) is 13.0 Å². The summed E-state index contributed by atoms with van der Waals surface area (Å²) >= 11 is 0. The van der Waals surface area contributed by atoms with Gasteiger partial charge in [-0.25, -0.2) is 0 Å². The molecule has 0 fully saturated rings. The number of para-hydroxylation sites is 1. The molecule has 0 radical (unpaired) electrons. The molecular formula is C20H21F3N2O3. The Morgan fingerprint density at radius 2 is 1.79 bits per heavy atom. The molecule has 2 amide bonds. The van der Waals surface area contributed by atoms with Gasteiger partial charge in [-0.05, 0) is 43.7 Å². The normalized spacial score (nSPS) is 12.2. The predicted molar refractivity (Wildman–Crippen MR) is 98.7 cm³/mol. The van der Waals surface area contributed by atoms with Gasteiger partial charge in [0, 0.05) is 18.8 Å². The first-order valence-electron chi connectivity index (χ1n) is 8.68. The third-order valence-electron chi connectivity index (χ3n) is 3.90. The summed E-state index contributed by atoms with van der Waals surface area (Å²) in [7, 11) is 0. The molecule has 0 bridgehead atoms. The highest BCUT2D eigenvalue weighted by molar-refractivity contribution is 5.94. The number of nitrogens with one attached hydrogen (secondary N) is 1. The summed E-state index contributed by atoms with van der Waals surface area (Å²) in [4.78, 5) is 24.4. The van der Waals surface area contributed by atoms with Gasteiger partial charge in [0.1, 0.15) is 5.75 Å². The van der Waals surface area contributed by atoms with Crippen molar-refractivity contribution < 1.29 is 27.5 Å². The van der Waals surface area contributed by atoms with E-state index in [1.54, 1.807) is 49.4 Å². The topological polar surface area (TPSA) is 58.6 Å². The highest BCUT2D eigenvalue weighted by atomic mass is 19.4. The summed E-state index contributed by atoms with van der Waals surface area (Å²) in [6, 6.07) is 15.2. The van der Waals surface area contributed by atoms with Crippen molar-refractivity contribution >= 4 is 17.5 Å². The fourth-order valence-electron chi connectivity index (χ4n) is 2.47. The van der Waals surface area contributed by atoms with E-state index in [0.717, 1.165) is 0 Å². The molecule has 0 aliphatic rings. The van der Waals surface area contributed by atoms with E-state index < -0.39 is 24.1 Å². The standard InChI is InChI=1S/C20H21F3N2O3/c1-3-25(19(27)20(21,22)23)13-15-8-7-9-16(12-15)24-18(26)14(2)28-17-10-5-4-6-11-17/h4-12,14H,3,13H2,1-2H3,(H,24,26)/t14-/m0/s1. The number of benzene rings is 2. The molecule has 1 N–H and O–H groups in total. The number of alkyl halides is 3.